The van der Waals surface area contributed by atoms with E-state index in [9.17, 15) is 0 Å². The molecule has 0 aliphatic carbocycles. The average Bonchev–Trinajstić information content (AvgIpc) is 2.79. The smallest absolute Gasteiger partial charge is 0.193 e. The first-order valence-electron chi connectivity index (χ1n) is 4.76. The molecule has 0 saturated heterocycles. The molecule has 0 fully saturated rings. The van der Waals surface area contributed by atoms with Crippen LogP contribution in [-0.2, 0) is 6.54 Å². The highest BCUT2D eigenvalue weighted by Crippen LogP contribution is 2.23. The van der Waals surface area contributed by atoms with Gasteiger partial charge in [0.25, 0.3) is 0 Å². The number of hydrogen-bond acceptors (Lipinski definition) is 6. The Morgan fingerprint density at radius 3 is 3.06 bits per heavy atom. The molecule has 16 heavy (non-hydrogen) atoms. The Kier molecular flexibility index (Phi) is 2.95. The van der Waals surface area contributed by atoms with Crippen LogP contribution in [-0.4, -0.2) is 32.7 Å². The maximum Gasteiger partial charge on any atom is 0.193 e. The normalized spacial score (nSPS) is 10.1. The molecule has 0 unspecified atom stereocenters. The number of H-pyrrole nitrogens is 1. The molecule has 7 nitrogen and oxygen atoms in total. The molecular formula is C9H12N6O. The summed E-state index contributed by atoms with van der Waals surface area (Å²) in [6.45, 7) is 2.40. The Balaban J connectivity index is 2.11. The number of hydrogen-bond donors (Lipinski definition) is 2. The number of nitrogens with zero attached hydrogens (tertiary/aromatic N) is 4. The number of aromatic nitrogens is 5. The molecule has 7 heteroatoms. The summed E-state index contributed by atoms with van der Waals surface area (Å²) in [5.74, 6) is 1.28. The molecule has 0 aromatic carbocycles. The minimum Gasteiger partial charge on any atom is -0.493 e. The maximum atomic E-state index is 5.18. The molecule has 0 atom stereocenters. The number of rotatable bonds is 4. The Morgan fingerprint density at radius 1 is 1.50 bits per heavy atom. The summed E-state index contributed by atoms with van der Waals surface area (Å²) in [5.41, 5.74) is 1.77. The highest BCUT2D eigenvalue weighted by molar-refractivity contribution is 5.55. The lowest BCUT2D eigenvalue weighted by molar-refractivity contribution is 0.414. The first-order valence-corrected chi connectivity index (χ1v) is 4.76. The fourth-order valence-corrected chi connectivity index (χ4v) is 1.28. The van der Waals surface area contributed by atoms with E-state index in [0.29, 0.717) is 18.1 Å². The van der Waals surface area contributed by atoms with E-state index in [2.05, 4.69) is 30.9 Å². The second-order valence-electron chi connectivity index (χ2n) is 3.21. The average molecular weight is 220 g/mol. The second kappa shape index (κ2) is 4.56. The highest BCUT2D eigenvalue weighted by Gasteiger charge is 2.05. The number of pyridine rings is 1. The summed E-state index contributed by atoms with van der Waals surface area (Å²) in [6.07, 6.45) is 1.67. The minimum absolute atomic E-state index is 0.482. The van der Waals surface area contributed by atoms with Crippen LogP contribution < -0.4 is 10.1 Å². The molecule has 2 N–H and O–H groups in total. The van der Waals surface area contributed by atoms with Crippen molar-refractivity contribution in [3.8, 4) is 5.75 Å². The zero-order valence-electron chi connectivity index (χ0n) is 9.06. The number of aryl methyl sites for hydroxylation is 1. The van der Waals surface area contributed by atoms with E-state index in [1.807, 2.05) is 13.0 Å². The molecule has 2 aromatic rings. The lowest BCUT2D eigenvalue weighted by Gasteiger charge is -2.09. The van der Waals surface area contributed by atoms with E-state index in [1.54, 1.807) is 13.3 Å². The summed E-state index contributed by atoms with van der Waals surface area (Å²) in [5, 5.41) is 16.7. The van der Waals surface area contributed by atoms with Gasteiger partial charge in [-0.1, -0.05) is 5.21 Å². The van der Waals surface area contributed by atoms with Crippen molar-refractivity contribution in [2.45, 2.75) is 13.5 Å². The first kappa shape index (κ1) is 10.3. The SMILES string of the molecule is COc1cnc(C)cc1NCc1nn[nH]n1. The van der Waals surface area contributed by atoms with Crippen molar-refractivity contribution in [3.63, 3.8) is 0 Å². The van der Waals surface area contributed by atoms with Crippen LogP contribution >= 0.6 is 0 Å². The summed E-state index contributed by atoms with van der Waals surface area (Å²) in [6, 6.07) is 1.90. The predicted octanol–water partition coefficient (Wildman–Crippen LogP) is 0.524. The van der Waals surface area contributed by atoms with Crippen molar-refractivity contribution < 1.29 is 4.74 Å². The monoisotopic (exact) mass is 220 g/mol. The van der Waals surface area contributed by atoms with Gasteiger partial charge in [0.1, 0.15) is 0 Å². The molecule has 0 bridgehead atoms. The highest BCUT2D eigenvalue weighted by atomic mass is 16.5. The van der Waals surface area contributed by atoms with Gasteiger partial charge < -0.3 is 10.1 Å². The number of nitrogens with one attached hydrogen (secondary N) is 2. The number of anilines is 1. The molecule has 2 aromatic heterocycles. The fraction of sp³-hybridized carbons (Fsp3) is 0.333. The zero-order valence-corrected chi connectivity index (χ0v) is 9.06. The quantitative estimate of drug-likeness (QED) is 0.781. The van der Waals surface area contributed by atoms with Crippen molar-refractivity contribution in [1.82, 2.24) is 25.6 Å². The van der Waals surface area contributed by atoms with Gasteiger partial charge in [-0.2, -0.15) is 5.21 Å². The van der Waals surface area contributed by atoms with Crippen LogP contribution in [0.5, 0.6) is 5.75 Å². The molecule has 0 aliphatic heterocycles. The third-order valence-electron chi connectivity index (χ3n) is 2.05. The van der Waals surface area contributed by atoms with E-state index < -0.39 is 0 Å². The standard InChI is InChI=1S/C9H12N6O/c1-6-3-7(8(16-2)4-10-6)11-5-9-12-14-15-13-9/h3-4H,5H2,1-2H3,(H,10,11)(H,12,13,14,15). The largest absolute Gasteiger partial charge is 0.493 e. The molecule has 2 heterocycles. The van der Waals surface area contributed by atoms with Crippen LogP contribution in [0.25, 0.3) is 0 Å². The van der Waals surface area contributed by atoms with Crippen molar-refractivity contribution in [2.24, 2.45) is 0 Å². The zero-order chi connectivity index (χ0) is 11.4. The van der Waals surface area contributed by atoms with Gasteiger partial charge in [-0.25, -0.2) is 0 Å². The third-order valence-corrected chi connectivity index (χ3v) is 2.05. The summed E-state index contributed by atoms with van der Waals surface area (Å²) in [4.78, 5) is 4.14. The van der Waals surface area contributed by atoms with E-state index in [1.165, 1.54) is 0 Å². The van der Waals surface area contributed by atoms with Gasteiger partial charge in [-0.3, -0.25) is 4.98 Å². The third kappa shape index (κ3) is 2.25. The molecule has 0 aliphatic rings. The van der Waals surface area contributed by atoms with Crippen LogP contribution in [0.15, 0.2) is 12.3 Å². The lowest BCUT2D eigenvalue weighted by Crippen LogP contribution is -2.04. The Labute approximate surface area is 92.2 Å². The summed E-state index contributed by atoms with van der Waals surface area (Å²) < 4.78 is 5.18. The van der Waals surface area contributed by atoms with Crippen LogP contribution in [0, 0.1) is 6.92 Å². The molecular weight excluding hydrogens is 208 g/mol. The van der Waals surface area contributed by atoms with Gasteiger partial charge in [0.2, 0.25) is 0 Å². The minimum atomic E-state index is 0.482. The Morgan fingerprint density at radius 2 is 2.38 bits per heavy atom. The van der Waals surface area contributed by atoms with Gasteiger partial charge in [0, 0.05) is 5.69 Å². The maximum absolute atomic E-state index is 5.18. The van der Waals surface area contributed by atoms with Crippen molar-refractivity contribution in [2.75, 3.05) is 12.4 Å². The first-order chi connectivity index (χ1) is 7.79. The number of tetrazole rings is 1. The van der Waals surface area contributed by atoms with E-state index >= 15 is 0 Å². The van der Waals surface area contributed by atoms with Crippen molar-refractivity contribution >= 4 is 5.69 Å². The molecule has 0 spiro atoms. The van der Waals surface area contributed by atoms with Gasteiger partial charge in [0.05, 0.1) is 25.5 Å². The molecule has 2 rings (SSSR count). The van der Waals surface area contributed by atoms with Crippen molar-refractivity contribution in [1.29, 1.82) is 0 Å². The van der Waals surface area contributed by atoms with E-state index in [4.69, 9.17) is 4.74 Å². The summed E-state index contributed by atoms with van der Waals surface area (Å²) in [7, 11) is 1.60. The molecule has 84 valence electrons. The van der Waals surface area contributed by atoms with Gasteiger partial charge >= 0.3 is 0 Å². The summed E-state index contributed by atoms with van der Waals surface area (Å²) >= 11 is 0. The number of ether oxygens (including phenoxy) is 1. The van der Waals surface area contributed by atoms with Crippen LogP contribution in [0.3, 0.4) is 0 Å². The fourth-order valence-electron chi connectivity index (χ4n) is 1.28. The number of aromatic amines is 1. The van der Waals surface area contributed by atoms with E-state index in [-0.39, 0.29) is 0 Å². The lowest BCUT2D eigenvalue weighted by atomic mass is 10.3. The van der Waals surface area contributed by atoms with Crippen molar-refractivity contribution in [3.05, 3.63) is 23.8 Å². The van der Waals surface area contributed by atoms with Gasteiger partial charge in [-0.05, 0) is 13.0 Å². The van der Waals surface area contributed by atoms with Crippen LogP contribution in [0.1, 0.15) is 11.5 Å². The Hall–Kier alpha value is -2.18. The second-order valence-corrected chi connectivity index (χ2v) is 3.21. The Bertz CT molecular complexity index is 455. The molecule has 0 radical (unpaired) electrons. The predicted molar refractivity (Wildman–Crippen MR) is 57.0 cm³/mol. The van der Waals surface area contributed by atoms with Crippen LogP contribution in [0.2, 0.25) is 0 Å². The van der Waals surface area contributed by atoms with Crippen LogP contribution in [0.4, 0.5) is 5.69 Å². The van der Waals surface area contributed by atoms with E-state index in [0.717, 1.165) is 11.4 Å². The van der Waals surface area contributed by atoms with Gasteiger partial charge in [-0.15, -0.1) is 10.2 Å². The van der Waals surface area contributed by atoms with Gasteiger partial charge in [0.15, 0.2) is 11.6 Å². The topological polar surface area (TPSA) is 88.6 Å². The molecule has 0 amide bonds. The number of methoxy groups -OCH3 is 1. The molecule has 0 saturated carbocycles.